The van der Waals surface area contributed by atoms with E-state index in [4.69, 9.17) is 12.3 Å². The van der Waals surface area contributed by atoms with Gasteiger partial charge in [-0.3, -0.25) is 0 Å². The predicted molar refractivity (Wildman–Crippen MR) is 74.4 cm³/mol. The van der Waals surface area contributed by atoms with Gasteiger partial charge < -0.3 is 4.42 Å². The summed E-state index contributed by atoms with van der Waals surface area (Å²) in [5, 5.41) is 4.47. The first kappa shape index (κ1) is 9.72. The smallest absolute Gasteiger partial charge is 0.197 e. The van der Waals surface area contributed by atoms with Crippen LogP contribution in [0.25, 0.3) is 32.6 Å². The van der Waals surface area contributed by atoms with Gasteiger partial charge in [-0.25, -0.2) is 4.98 Å². The molecule has 4 aromatic rings. The number of benzene rings is 3. The molecule has 0 aliphatic heterocycles. The fraction of sp³-hybridized carbons (Fsp3) is 0. The standard InChI is InChI=1S/C15H8BNO/c16-15-17-13-11-7-3-1-5-9(11)10-6-2-4-8-12(10)14(13)18-15/h1-8H. The molecule has 0 unspecified atom stereocenters. The molecular formula is C15H8BNO. The number of hydrogen-bond acceptors (Lipinski definition) is 2. The number of nitrogens with zero attached hydrogens (tertiary/aromatic N) is 1. The maximum absolute atomic E-state index is 5.69. The molecule has 4 rings (SSSR count). The zero-order valence-corrected chi connectivity index (χ0v) is 9.55. The van der Waals surface area contributed by atoms with Crippen LogP contribution in [0.2, 0.25) is 0 Å². The molecule has 0 atom stereocenters. The van der Waals surface area contributed by atoms with E-state index in [0.29, 0.717) is 0 Å². The van der Waals surface area contributed by atoms with Gasteiger partial charge >= 0.3 is 0 Å². The predicted octanol–water partition coefficient (Wildman–Crippen LogP) is 2.93. The summed E-state index contributed by atoms with van der Waals surface area (Å²) in [6.07, 6.45) is 0. The summed E-state index contributed by atoms with van der Waals surface area (Å²) in [7, 11) is 5.69. The molecule has 1 heterocycles. The number of oxazole rings is 1. The van der Waals surface area contributed by atoms with Gasteiger partial charge in [-0.15, -0.1) is 0 Å². The summed E-state index contributed by atoms with van der Waals surface area (Å²) in [4.78, 5) is 4.30. The van der Waals surface area contributed by atoms with E-state index >= 15 is 0 Å². The van der Waals surface area contributed by atoms with Crippen LogP contribution in [-0.4, -0.2) is 12.8 Å². The van der Waals surface area contributed by atoms with Gasteiger partial charge in [0, 0.05) is 10.8 Å². The van der Waals surface area contributed by atoms with Gasteiger partial charge in [-0.2, -0.15) is 0 Å². The first-order chi connectivity index (χ1) is 8.84. The molecule has 2 radical (unpaired) electrons. The van der Waals surface area contributed by atoms with Crippen LogP contribution in [0, 0.1) is 0 Å². The lowest BCUT2D eigenvalue weighted by Gasteiger charge is -2.04. The zero-order chi connectivity index (χ0) is 12.1. The first-order valence-corrected chi connectivity index (χ1v) is 5.80. The van der Waals surface area contributed by atoms with Gasteiger partial charge in [0.05, 0.1) is 0 Å². The zero-order valence-electron chi connectivity index (χ0n) is 9.55. The number of aromatic nitrogens is 1. The van der Waals surface area contributed by atoms with Crippen molar-refractivity contribution in [1.82, 2.24) is 4.98 Å². The maximum atomic E-state index is 5.69. The van der Waals surface area contributed by atoms with E-state index in [9.17, 15) is 0 Å². The van der Waals surface area contributed by atoms with Crippen LogP contribution in [-0.2, 0) is 0 Å². The highest BCUT2D eigenvalue weighted by atomic mass is 16.3. The van der Waals surface area contributed by atoms with E-state index in [2.05, 4.69) is 17.1 Å². The van der Waals surface area contributed by atoms with Crippen molar-refractivity contribution in [3.63, 3.8) is 0 Å². The molecule has 0 amide bonds. The van der Waals surface area contributed by atoms with Crippen LogP contribution in [0.1, 0.15) is 0 Å². The lowest BCUT2D eigenvalue weighted by Crippen LogP contribution is -1.99. The Bertz CT molecular complexity index is 822. The molecule has 0 spiro atoms. The molecular weight excluding hydrogens is 221 g/mol. The van der Waals surface area contributed by atoms with Crippen molar-refractivity contribution in [2.75, 3.05) is 0 Å². The van der Waals surface area contributed by atoms with Crippen molar-refractivity contribution in [3.05, 3.63) is 48.5 Å². The molecule has 0 N–H and O–H groups in total. The van der Waals surface area contributed by atoms with Crippen molar-refractivity contribution < 1.29 is 4.42 Å². The Morgan fingerprint density at radius 2 is 1.33 bits per heavy atom. The van der Waals surface area contributed by atoms with Gasteiger partial charge in [0.15, 0.2) is 13.4 Å². The third kappa shape index (κ3) is 1.16. The molecule has 0 saturated carbocycles. The Morgan fingerprint density at radius 1 is 0.778 bits per heavy atom. The molecule has 3 heteroatoms. The van der Waals surface area contributed by atoms with E-state index in [1.165, 1.54) is 5.39 Å². The Kier molecular flexibility index (Phi) is 1.81. The first-order valence-electron chi connectivity index (χ1n) is 5.80. The summed E-state index contributed by atoms with van der Waals surface area (Å²) in [5.41, 5.74) is 1.60. The molecule has 0 aliphatic rings. The second kappa shape index (κ2) is 3.36. The third-order valence-electron chi connectivity index (χ3n) is 3.29. The second-order valence-corrected chi connectivity index (χ2v) is 4.32. The van der Waals surface area contributed by atoms with Crippen LogP contribution in [0.3, 0.4) is 0 Å². The minimum absolute atomic E-state index is 0.214. The minimum atomic E-state index is 0.214. The van der Waals surface area contributed by atoms with Gasteiger partial charge in [0.1, 0.15) is 11.3 Å². The molecule has 0 aliphatic carbocycles. The van der Waals surface area contributed by atoms with Gasteiger partial charge in [-0.05, 0) is 10.8 Å². The number of rotatable bonds is 0. The third-order valence-corrected chi connectivity index (χ3v) is 3.29. The molecule has 18 heavy (non-hydrogen) atoms. The highest BCUT2D eigenvalue weighted by Gasteiger charge is 2.12. The van der Waals surface area contributed by atoms with Crippen LogP contribution >= 0.6 is 0 Å². The maximum Gasteiger partial charge on any atom is 0.197 e. The summed E-state index contributed by atoms with van der Waals surface area (Å²) in [5.74, 6) is 0.214. The van der Waals surface area contributed by atoms with Crippen LogP contribution < -0.4 is 5.79 Å². The molecule has 0 saturated heterocycles. The second-order valence-electron chi connectivity index (χ2n) is 4.32. The van der Waals surface area contributed by atoms with Crippen LogP contribution in [0.4, 0.5) is 0 Å². The SMILES string of the molecule is [B]c1nc2c3ccccc3c3ccccc3c2o1. The van der Waals surface area contributed by atoms with Crippen molar-refractivity contribution in [2.24, 2.45) is 0 Å². The Hall–Kier alpha value is -2.29. The monoisotopic (exact) mass is 229 g/mol. The van der Waals surface area contributed by atoms with Crippen molar-refractivity contribution in [3.8, 4) is 0 Å². The Morgan fingerprint density at radius 3 is 2.06 bits per heavy atom. The van der Waals surface area contributed by atoms with Crippen molar-refractivity contribution >= 4 is 46.3 Å². The topological polar surface area (TPSA) is 26.0 Å². The van der Waals surface area contributed by atoms with Crippen molar-refractivity contribution in [2.45, 2.75) is 0 Å². The van der Waals surface area contributed by atoms with Crippen LogP contribution in [0.5, 0.6) is 0 Å². The van der Waals surface area contributed by atoms with Crippen LogP contribution in [0.15, 0.2) is 52.9 Å². The van der Waals surface area contributed by atoms with Gasteiger partial charge in [0.2, 0.25) is 0 Å². The molecule has 82 valence electrons. The fourth-order valence-electron chi connectivity index (χ4n) is 2.54. The highest BCUT2D eigenvalue weighted by Crippen LogP contribution is 2.33. The van der Waals surface area contributed by atoms with Gasteiger partial charge in [-0.1, -0.05) is 48.5 Å². The molecule has 0 bridgehead atoms. The number of hydrogen-bond donors (Lipinski definition) is 0. The summed E-state index contributed by atoms with van der Waals surface area (Å²) in [6.45, 7) is 0. The average molecular weight is 229 g/mol. The highest BCUT2D eigenvalue weighted by molar-refractivity contribution is 6.31. The van der Waals surface area contributed by atoms with E-state index in [0.717, 1.165) is 27.3 Å². The Labute approximate surface area is 105 Å². The normalized spacial score (nSPS) is 11.6. The Balaban J connectivity index is 2.45. The summed E-state index contributed by atoms with van der Waals surface area (Å²) in [6, 6.07) is 16.3. The van der Waals surface area contributed by atoms with Crippen molar-refractivity contribution in [1.29, 1.82) is 0 Å². The number of fused-ring (bicyclic) bond motifs is 6. The lowest BCUT2D eigenvalue weighted by atomic mass is 10.0. The van der Waals surface area contributed by atoms with E-state index in [1.54, 1.807) is 0 Å². The molecule has 1 aromatic heterocycles. The summed E-state index contributed by atoms with van der Waals surface area (Å²) >= 11 is 0. The van der Waals surface area contributed by atoms with Gasteiger partial charge in [0.25, 0.3) is 0 Å². The molecule has 0 fully saturated rings. The average Bonchev–Trinajstić information content (AvgIpc) is 2.81. The van der Waals surface area contributed by atoms with E-state index < -0.39 is 0 Å². The fourth-order valence-corrected chi connectivity index (χ4v) is 2.54. The molecule has 2 nitrogen and oxygen atoms in total. The van der Waals surface area contributed by atoms with E-state index in [1.807, 2.05) is 36.4 Å². The summed E-state index contributed by atoms with van der Waals surface area (Å²) < 4.78 is 5.56. The minimum Gasteiger partial charge on any atom is -0.452 e. The van der Waals surface area contributed by atoms with E-state index in [-0.39, 0.29) is 5.79 Å². The largest absolute Gasteiger partial charge is 0.452 e. The quantitative estimate of drug-likeness (QED) is 0.342. The molecule has 3 aromatic carbocycles. The lowest BCUT2D eigenvalue weighted by molar-refractivity contribution is 0.647.